The van der Waals surface area contributed by atoms with Crippen molar-refractivity contribution >= 4 is 31.7 Å². The number of amides is 1. The molecule has 0 radical (unpaired) electrons. The van der Waals surface area contributed by atoms with E-state index in [9.17, 15) is 21.6 Å². The summed E-state index contributed by atoms with van der Waals surface area (Å²) in [7, 11) is -8.24. The van der Waals surface area contributed by atoms with Crippen LogP contribution in [0.1, 0.15) is 6.42 Å². The fourth-order valence-corrected chi connectivity index (χ4v) is 3.21. The van der Waals surface area contributed by atoms with E-state index in [1.807, 2.05) is 0 Å². The van der Waals surface area contributed by atoms with E-state index in [-0.39, 0.29) is 23.5 Å². The van der Waals surface area contributed by atoms with Crippen LogP contribution in [-0.4, -0.2) is 39.1 Å². The SMILES string of the molecule is NS(=O)(=O)C1CC(=O)N(c2cccc(S(=O)(=O)O)c2)C1. The van der Waals surface area contributed by atoms with Gasteiger partial charge in [0.05, 0.1) is 4.90 Å². The highest BCUT2D eigenvalue weighted by Gasteiger charge is 2.37. The molecule has 0 bridgehead atoms. The van der Waals surface area contributed by atoms with Crippen molar-refractivity contribution in [2.45, 2.75) is 16.6 Å². The summed E-state index contributed by atoms with van der Waals surface area (Å²) in [5, 5.41) is 3.98. The van der Waals surface area contributed by atoms with Crippen LogP contribution in [-0.2, 0) is 24.9 Å². The minimum Gasteiger partial charge on any atom is -0.311 e. The third kappa shape index (κ3) is 2.98. The molecule has 1 unspecified atom stereocenters. The second-order valence-corrected chi connectivity index (χ2v) is 7.66. The monoisotopic (exact) mass is 320 g/mol. The van der Waals surface area contributed by atoms with Crippen LogP contribution in [0.25, 0.3) is 0 Å². The number of hydrogen-bond donors (Lipinski definition) is 2. The number of anilines is 1. The molecule has 1 atom stereocenters. The first kappa shape index (κ1) is 14.9. The number of benzene rings is 1. The highest BCUT2D eigenvalue weighted by molar-refractivity contribution is 7.89. The van der Waals surface area contributed by atoms with Crippen molar-refractivity contribution in [3.8, 4) is 0 Å². The molecule has 1 aromatic carbocycles. The average molecular weight is 320 g/mol. The Morgan fingerprint density at radius 1 is 1.25 bits per heavy atom. The summed E-state index contributed by atoms with van der Waals surface area (Å²) < 4.78 is 53.5. The molecule has 1 heterocycles. The molecule has 1 amide bonds. The van der Waals surface area contributed by atoms with Crippen molar-refractivity contribution < 1.29 is 26.2 Å². The van der Waals surface area contributed by atoms with E-state index in [0.717, 1.165) is 17.0 Å². The van der Waals surface area contributed by atoms with Crippen LogP contribution in [0.3, 0.4) is 0 Å². The zero-order chi connectivity index (χ0) is 15.1. The molecule has 20 heavy (non-hydrogen) atoms. The van der Waals surface area contributed by atoms with E-state index in [0.29, 0.717) is 0 Å². The Morgan fingerprint density at radius 2 is 1.90 bits per heavy atom. The summed E-state index contributed by atoms with van der Waals surface area (Å²) in [4.78, 5) is 12.5. The zero-order valence-electron chi connectivity index (χ0n) is 10.1. The molecule has 0 saturated carbocycles. The lowest BCUT2D eigenvalue weighted by atomic mass is 10.3. The molecular formula is C10H12N2O6S2. The van der Waals surface area contributed by atoms with E-state index >= 15 is 0 Å². The van der Waals surface area contributed by atoms with Crippen molar-refractivity contribution in [1.29, 1.82) is 0 Å². The standard InChI is InChI=1S/C10H12N2O6S2/c11-19(14,15)9-5-10(13)12(6-9)7-2-1-3-8(4-7)20(16,17)18/h1-4,9H,5-6H2,(H2,11,14,15)(H,16,17,18). The Balaban J connectivity index is 2.36. The predicted octanol–water partition coefficient (Wildman–Crippen LogP) is -0.673. The molecule has 8 nitrogen and oxygen atoms in total. The molecule has 2 rings (SSSR count). The highest BCUT2D eigenvalue weighted by atomic mass is 32.2. The molecule has 0 aliphatic carbocycles. The maximum Gasteiger partial charge on any atom is 0.294 e. The van der Waals surface area contributed by atoms with Gasteiger partial charge in [-0.2, -0.15) is 8.42 Å². The molecule has 1 saturated heterocycles. The lowest BCUT2D eigenvalue weighted by Crippen LogP contribution is -2.32. The topological polar surface area (TPSA) is 135 Å². The quantitative estimate of drug-likeness (QED) is 0.709. The lowest BCUT2D eigenvalue weighted by molar-refractivity contribution is -0.117. The first-order valence-electron chi connectivity index (χ1n) is 5.48. The number of nitrogens with zero attached hydrogens (tertiary/aromatic N) is 1. The minimum absolute atomic E-state index is 0.146. The van der Waals surface area contributed by atoms with Crippen LogP contribution in [0.15, 0.2) is 29.2 Å². The second-order valence-electron chi connectivity index (χ2n) is 4.39. The Kier molecular flexibility index (Phi) is 3.58. The molecule has 1 fully saturated rings. The van der Waals surface area contributed by atoms with Crippen molar-refractivity contribution in [3.05, 3.63) is 24.3 Å². The molecule has 10 heteroatoms. The fourth-order valence-electron chi connectivity index (χ4n) is 1.96. The number of primary sulfonamides is 1. The Hall–Kier alpha value is -1.49. The van der Waals surface area contributed by atoms with Gasteiger partial charge in [0.15, 0.2) is 0 Å². The third-order valence-electron chi connectivity index (χ3n) is 2.98. The number of carbonyl (C=O) groups excluding carboxylic acids is 1. The van der Waals surface area contributed by atoms with E-state index in [2.05, 4.69) is 0 Å². The van der Waals surface area contributed by atoms with Gasteiger partial charge in [0.1, 0.15) is 5.25 Å². The number of hydrogen-bond acceptors (Lipinski definition) is 5. The summed E-state index contributed by atoms with van der Waals surface area (Å²) in [5.41, 5.74) is 0.191. The molecule has 1 aliphatic rings. The first-order chi connectivity index (χ1) is 9.09. The van der Waals surface area contributed by atoms with E-state index < -0.39 is 31.3 Å². The van der Waals surface area contributed by atoms with Gasteiger partial charge >= 0.3 is 0 Å². The van der Waals surface area contributed by atoms with Gasteiger partial charge in [-0.3, -0.25) is 9.35 Å². The van der Waals surface area contributed by atoms with Crippen LogP contribution in [0.5, 0.6) is 0 Å². The minimum atomic E-state index is -4.40. The van der Waals surface area contributed by atoms with Crippen LogP contribution in [0.2, 0.25) is 0 Å². The summed E-state index contributed by atoms with van der Waals surface area (Å²) >= 11 is 0. The van der Waals surface area contributed by atoms with E-state index in [1.54, 1.807) is 0 Å². The summed E-state index contributed by atoms with van der Waals surface area (Å²) in [5.74, 6) is -0.475. The molecule has 0 aromatic heterocycles. The van der Waals surface area contributed by atoms with E-state index in [1.165, 1.54) is 12.1 Å². The number of rotatable bonds is 3. The second kappa shape index (κ2) is 4.81. The van der Waals surface area contributed by atoms with Crippen LogP contribution in [0, 0.1) is 0 Å². The first-order valence-corrected chi connectivity index (χ1v) is 8.53. The maximum absolute atomic E-state index is 11.8. The van der Waals surface area contributed by atoms with Crippen molar-refractivity contribution in [2.24, 2.45) is 5.14 Å². The maximum atomic E-state index is 11.8. The Bertz CT molecular complexity index is 756. The molecule has 110 valence electrons. The van der Waals surface area contributed by atoms with Gasteiger partial charge in [0, 0.05) is 18.7 Å². The Morgan fingerprint density at radius 3 is 2.40 bits per heavy atom. The van der Waals surface area contributed by atoms with Crippen LogP contribution in [0.4, 0.5) is 5.69 Å². The third-order valence-corrected chi connectivity index (χ3v) is 5.08. The summed E-state index contributed by atoms with van der Waals surface area (Å²) in [6.45, 7) is -0.146. The van der Waals surface area contributed by atoms with Gasteiger partial charge in [-0.05, 0) is 18.2 Å². The summed E-state index contributed by atoms with van der Waals surface area (Å²) in [6, 6.07) is 5.05. The van der Waals surface area contributed by atoms with Crippen molar-refractivity contribution in [3.63, 3.8) is 0 Å². The molecule has 3 N–H and O–H groups in total. The van der Waals surface area contributed by atoms with Gasteiger partial charge < -0.3 is 4.90 Å². The number of nitrogens with two attached hydrogens (primary N) is 1. The van der Waals surface area contributed by atoms with Gasteiger partial charge in [-0.15, -0.1) is 0 Å². The van der Waals surface area contributed by atoms with Crippen LogP contribution < -0.4 is 10.0 Å². The molecule has 1 aliphatic heterocycles. The molecule has 0 spiro atoms. The summed E-state index contributed by atoms with van der Waals surface area (Å²) in [6.07, 6.45) is -0.255. The van der Waals surface area contributed by atoms with E-state index in [4.69, 9.17) is 9.69 Å². The van der Waals surface area contributed by atoms with Crippen molar-refractivity contribution in [1.82, 2.24) is 0 Å². The van der Waals surface area contributed by atoms with Gasteiger partial charge in [0.2, 0.25) is 15.9 Å². The fraction of sp³-hybridized carbons (Fsp3) is 0.300. The lowest BCUT2D eigenvalue weighted by Gasteiger charge is -2.16. The average Bonchev–Trinajstić information content (AvgIpc) is 2.70. The number of sulfonamides is 1. The molecular weight excluding hydrogens is 308 g/mol. The highest BCUT2D eigenvalue weighted by Crippen LogP contribution is 2.26. The number of carbonyl (C=O) groups is 1. The van der Waals surface area contributed by atoms with Crippen molar-refractivity contribution in [2.75, 3.05) is 11.4 Å². The van der Waals surface area contributed by atoms with Gasteiger partial charge in [-0.25, -0.2) is 13.6 Å². The zero-order valence-corrected chi connectivity index (χ0v) is 11.8. The van der Waals surface area contributed by atoms with Crippen LogP contribution >= 0.6 is 0 Å². The van der Waals surface area contributed by atoms with Gasteiger partial charge in [0.25, 0.3) is 10.1 Å². The smallest absolute Gasteiger partial charge is 0.294 e. The molecule has 1 aromatic rings. The van der Waals surface area contributed by atoms with Gasteiger partial charge in [-0.1, -0.05) is 6.07 Å². The normalized spacial score (nSPS) is 20.4. The Labute approximate surface area is 116 Å². The largest absolute Gasteiger partial charge is 0.311 e. The predicted molar refractivity (Wildman–Crippen MR) is 70.1 cm³/mol.